The van der Waals surface area contributed by atoms with Crippen molar-refractivity contribution in [1.82, 2.24) is 9.71 Å². The second kappa shape index (κ2) is 4.29. The first-order valence-electron chi connectivity index (χ1n) is 5.55. The third kappa shape index (κ3) is 2.06. The van der Waals surface area contributed by atoms with Gasteiger partial charge in [0.2, 0.25) is 10.0 Å². The molecule has 0 aliphatic carbocycles. The van der Waals surface area contributed by atoms with Crippen LogP contribution in [0.25, 0.3) is 11.1 Å². The molecule has 2 aromatic rings. The smallest absolute Gasteiger partial charge is 0.244 e. The normalized spacial score (nSPS) is 16.5. The highest BCUT2D eigenvalue weighted by Crippen LogP contribution is 2.30. The highest BCUT2D eigenvalue weighted by Gasteiger charge is 2.23. The van der Waals surface area contributed by atoms with Crippen molar-refractivity contribution in [2.45, 2.75) is 4.90 Å². The van der Waals surface area contributed by atoms with Crippen LogP contribution in [0.2, 0.25) is 0 Å². The van der Waals surface area contributed by atoms with Gasteiger partial charge in [-0.1, -0.05) is 6.07 Å². The van der Waals surface area contributed by atoms with Crippen molar-refractivity contribution in [3.05, 3.63) is 42.5 Å². The van der Waals surface area contributed by atoms with E-state index < -0.39 is 15.8 Å². The predicted octanol–water partition coefficient (Wildman–Crippen LogP) is 1.55. The lowest BCUT2D eigenvalue weighted by molar-refractivity contribution is 0.581. The van der Waals surface area contributed by atoms with Crippen LogP contribution in [0.15, 0.2) is 41.6 Å². The fourth-order valence-corrected chi connectivity index (χ4v) is 3.10. The third-order valence-electron chi connectivity index (χ3n) is 2.90. The first-order chi connectivity index (χ1) is 9.08. The number of aromatic nitrogens is 1. The van der Waals surface area contributed by atoms with Crippen LogP contribution in [0, 0.1) is 5.82 Å². The Bertz CT molecular complexity index is 746. The third-order valence-corrected chi connectivity index (χ3v) is 4.34. The molecule has 0 saturated carbocycles. The summed E-state index contributed by atoms with van der Waals surface area (Å²) < 4.78 is 39.8. The Kier molecular flexibility index (Phi) is 2.72. The highest BCUT2D eigenvalue weighted by atomic mass is 32.2. The number of anilines is 1. The lowest BCUT2D eigenvalue weighted by Gasteiger charge is -2.20. The Morgan fingerprint density at radius 2 is 2.11 bits per heavy atom. The fraction of sp³-hybridized carbons (Fsp3) is 0.0833. The van der Waals surface area contributed by atoms with Crippen molar-refractivity contribution in [3.8, 4) is 11.1 Å². The lowest BCUT2D eigenvalue weighted by atomic mass is 10.1. The molecule has 98 valence electrons. The van der Waals surface area contributed by atoms with Gasteiger partial charge in [0.1, 0.15) is 10.7 Å². The minimum atomic E-state index is -3.54. The van der Waals surface area contributed by atoms with Crippen molar-refractivity contribution < 1.29 is 12.8 Å². The summed E-state index contributed by atoms with van der Waals surface area (Å²) in [5.41, 5.74) is 1.32. The molecule has 0 atom stereocenters. The molecule has 19 heavy (non-hydrogen) atoms. The average molecular weight is 279 g/mol. The van der Waals surface area contributed by atoms with Crippen molar-refractivity contribution >= 4 is 15.7 Å². The molecule has 0 saturated heterocycles. The van der Waals surface area contributed by atoms with Gasteiger partial charge >= 0.3 is 0 Å². The number of hydrogen-bond acceptors (Lipinski definition) is 4. The topological polar surface area (TPSA) is 71.1 Å². The van der Waals surface area contributed by atoms with Gasteiger partial charge in [0.05, 0.1) is 18.6 Å². The van der Waals surface area contributed by atoms with E-state index in [0.29, 0.717) is 16.8 Å². The minimum absolute atomic E-state index is 0.118. The number of nitrogens with zero attached hydrogens (tertiary/aromatic N) is 1. The van der Waals surface area contributed by atoms with Gasteiger partial charge in [-0.3, -0.25) is 4.98 Å². The van der Waals surface area contributed by atoms with Gasteiger partial charge in [-0.05, 0) is 23.8 Å². The predicted molar refractivity (Wildman–Crippen MR) is 68.4 cm³/mol. The molecule has 0 fully saturated rings. The average Bonchev–Trinajstić information content (AvgIpc) is 2.39. The molecule has 5 nitrogen and oxygen atoms in total. The van der Waals surface area contributed by atoms with E-state index in [1.807, 2.05) is 0 Å². The van der Waals surface area contributed by atoms with Crippen LogP contribution in [0.4, 0.5) is 10.1 Å². The molecule has 0 bridgehead atoms. The van der Waals surface area contributed by atoms with E-state index in [-0.39, 0.29) is 11.6 Å². The van der Waals surface area contributed by atoms with Crippen molar-refractivity contribution in [2.75, 3.05) is 12.0 Å². The maximum Gasteiger partial charge on any atom is 0.244 e. The molecule has 0 amide bonds. The van der Waals surface area contributed by atoms with Gasteiger partial charge in [-0.2, -0.15) is 4.72 Å². The number of rotatable bonds is 1. The molecule has 1 aromatic carbocycles. The zero-order valence-corrected chi connectivity index (χ0v) is 10.5. The van der Waals surface area contributed by atoms with E-state index >= 15 is 0 Å². The molecule has 2 heterocycles. The van der Waals surface area contributed by atoms with E-state index in [1.165, 1.54) is 18.3 Å². The van der Waals surface area contributed by atoms with Crippen LogP contribution in [0.1, 0.15) is 0 Å². The SMILES string of the molecule is O=S1(=O)NCNc2ccc(-c3ccncc3F)cc21. The number of pyridine rings is 1. The lowest BCUT2D eigenvalue weighted by Crippen LogP contribution is -2.34. The maximum atomic E-state index is 13.7. The first kappa shape index (κ1) is 12.1. The van der Waals surface area contributed by atoms with Gasteiger partial charge in [0.25, 0.3) is 0 Å². The Balaban J connectivity index is 2.19. The van der Waals surface area contributed by atoms with Crippen molar-refractivity contribution in [1.29, 1.82) is 0 Å². The van der Waals surface area contributed by atoms with Crippen molar-refractivity contribution in [2.24, 2.45) is 0 Å². The largest absolute Gasteiger partial charge is 0.370 e. The summed E-state index contributed by atoms with van der Waals surface area (Å²) in [5, 5.41) is 2.92. The number of benzene rings is 1. The summed E-state index contributed by atoms with van der Waals surface area (Å²) in [5.74, 6) is -0.489. The molecule has 7 heteroatoms. The van der Waals surface area contributed by atoms with Crippen LogP contribution >= 0.6 is 0 Å². The van der Waals surface area contributed by atoms with E-state index in [1.54, 1.807) is 12.1 Å². The summed E-state index contributed by atoms with van der Waals surface area (Å²) in [6, 6.07) is 6.25. The van der Waals surface area contributed by atoms with Crippen LogP contribution < -0.4 is 10.0 Å². The monoisotopic (exact) mass is 279 g/mol. The second-order valence-corrected chi connectivity index (χ2v) is 5.80. The van der Waals surface area contributed by atoms with E-state index in [9.17, 15) is 12.8 Å². The summed E-state index contributed by atoms with van der Waals surface area (Å²) in [6.07, 6.45) is 2.56. The maximum absolute atomic E-state index is 13.7. The van der Waals surface area contributed by atoms with Crippen LogP contribution in [-0.4, -0.2) is 20.1 Å². The quantitative estimate of drug-likeness (QED) is 0.831. The van der Waals surface area contributed by atoms with E-state index in [2.05, 4.69) is 15.0 Å². The van der Waals surface area contributed by atoms with Crippen LogP contribution in [0.5, 0.6) is 0 Å². The summed E-state index contributed by atoms with van der Waals surface area (Å²) in [6.45, 7) is 0.151. The second-order valence-electron chi connectivity index (χ2n) is 4.07. The van der Waals surface area contributed by atoms with Crippen LogP contribution in [0.3, 0.4) is 0 Å². The number of sulfonamides is 1. The van der Waals surface area contributed by atoms with E-state index in [0.717, 1.165) is 6.20 Å². The van der Waals surface area contributed by atoms with Gasteiger partial charge < -0.3 is 5.32 Å². The Morgan fingerprint density at radius 1 is 1.26 bits per heavy atom. The number of hydrogen-bond donors (Lipinski definition) is 2. The molecule has 1 aliphatic heterocycles. The van der Waals surface area contributed by atoms with Gasteiger partial charge in [-0.15, -0.1) is 0 Å². The molecule has 0 unspecified atom stereocenters. The van der Waals surface area contributed by atoms with E-state index in [4.69, 9.17) is 0 Å². The highest BCUT2D eigenvalue weighted by molar-refractivity contribution is 7.89. The number of nitrogens with one attached hydrogen (secondary N) is 2. The zero-order chi connectivity index (χ0) is 13.5. The molecular formula is C12H10FN3O2S. The van der Waals surface area contributed by atoms with Crippen molar-refractivity contribution in [3.63, 3.8) is 0 Å². The van der Waals surface area contributed by atoms with Gasteiger partial charge in [0, 0.05) is 11.8 Å². The Morgan fingerprint density at radius 3 is 2.89 bits per heavy atom. The fourth-order valence-electron chi connectivity index (χ4n) is 1.97. The molecule has 0 radical (unpaired) electrons. The van der Waals surface area contributed by atoms with Gasteiger partial charge in [0.15, 0.2) is 0 Å². The Labute approximate surface area is 109 Å². The molecule has 1 aromatic heterocycles. The molecule has 3 rings (SSSR count). The first-order valence-corrected chi connectivity index (χ1v) is 7.04. The number of halogens is 1. The molecular weight excluding hydrogens is 269 g/mol. The Hall–Kier alpha value is -1.99. The molecule has 2 N–H and O–H groups in total. The van der Waals surface area contributed by atoms with Gasteiger partial charge in [-0.25, -0.2) is 12.8 Å². The summed E-state index contributed by atoms with van der Waals surface area (Å²) >= 11 is 0. The summed E-state index contributed by atoms with van der Waals surface area (Å²) in [4.78, 5) is 3.79. The number of fused-ring (bicyclic) bond motifs is 1. The molecule has 1 aliphatic rings. The molecule has 0 spiro atoms. The zero-order valence-electron chi connectivity index (χ0n) is 9.72. The minimum Gasteiger partial charge on any atom is -0.370 e. The summed E-state index contributed by atoms with van der Waals surface area (Å²) in [7, 11) is -3.54. The van der Waals surface area contributed by atoms with Crippen LogP contribution in [-0.2, 0) is 10.0 Å². The standard InChI is InChI=1S/C12H10FN3O2S/c13-10-6-14-4-3-9(10)8-1-2-11-12(5-8)19(17,18)16-7-15-11/h1-6,15-16H,7H2.